The van der Waals surface area contributed by atoms with Crippen LogP contribution in [-0.4, -0.2) is 43.7 Å². The molecule has 0 radical (unpaired) electrons. The molecule has 0 spiro atoms. The fourth-order valence-corrected chi connectivity index (χ4v) is 3.11. The van der Waals surface area contributed by atoms with Gasteiger partial charge in [-0.1, -0.05) is 25.1 Å². The van der Waals surface area contributed by atoms with Crippen LogP contribution in [0.3, 0.4) is 0 Å². The van der Waals surface area contributed by atoms with Crippen LogP contribution in [0.25, 0.3) is 5.65 Å². The van der Waals surface area contributed by atoms with Gasteiger partial charge in [-0.3, -0.25) is 14.8 Å². The molecule has 28 heavy (non-hydrogen) atoms. The predicted octanol–water partition coefficient (Wildman–Crippen LogP) is 2.32. The third kappa shape index (κ3) is 4.23. The van der Waals surface area contributed by atoms with Gasteiger partial charge in [0, 0.05) is 30.9 Å². The molecule has 0 aliphatic heterocycles. The Kier molecular flexibility index (Phi) is 6.10. The Morgan fingerprint density at radius 3 is 2.79 bits per heavy atom. The number of hydrogen-bond acceptors (Lipinski definition) is 6. The summed E-state index contributed by atoms with van der Waals surface area (Å²) in [7, 11) is 0. The number of esters is 1. The van der Waals surface area contributed by atoms with Crippen molar-refractivity contribution in [1.82, 2.24) is 19.5 Å². The van der Waals surface area contributed by atoms with Crippen molar-refractivity contribution in [2.45, 2.75) is 33.4 Å². The monoisotopic (exact) mass is 384 g/mol. The molecule has 0 aliphatic rings. The summed E-state index contributed by atoms with van der Waals surface area (Å²) in [6.45, 7) is 5.74. The van der Waals surface area contributed by atoms with Crippen LogP contribution in [0.5, 0.6) is 5.75 Å². The van der Waals surface area contributed by atoms with Gasteiger partial charge in [0.2, 0.25) is 0 Å². The van der Waals surface area contributed by atoms with Crippen molar-refractivity contribution in [2.24, 2.45) is 0 Å². The number of phenolic OH excluding ortho intramolecular Hbond substituents is 1. The van der Waals surface area contributed by atoms with Crippen LogP contribution in [0.15, 0.2) is 41.3 Å². The molecule has 3 rings (SSSR count). The van der Waals surface area contributed by atoms with E-state index >= 15 is 0 Å². The maximum Gasteiger partial charge on any atom is 0.343 e. The summed E-state index contributed by atoms with van der Waals surface area (Å²) in [5.41, 5.74) is 1.54. The van der Waals surface area contributed by atoms with Crippen LogP contribution >= 0.6 is 0 Å². The smallest absolute Gasteiger partial charge is 0.343 e. The number of aromatic nitrogens is 3. The third-order valence-corrected chi connectivity index (χ3v) is 4.36. The molecule has 0 saturated heterocycles. The second-order valence-corrected chi connectivity index (χ2v) is 6.49. The molecule has 0 atom stereocenters. The van der Waals surface area contributed by atoms with Crippen molar-refractivity contribution in [3.63, 3.8) is 0 Å². The zero-order valence-corrected chi connectivity index (χ0v) is 16.0. The van der Waals surface area contributed by atoms with Gasteiger partial charge in [-0.25, -0.2) is 14.3 Å². The molecule has 8 nitrogen and oxygen atoms in total. The van der Waals surface area contributed by atoms with Gasteiger partial charge < -0.3 is 9.84 Å². The largest absolute Gasteiger partial charge is 0.508 e. The van der Waals surface area contributed by atoms with Crippen molar-refractivity contribution >= 4 is 11.6 Å². The zero-order chi connectivity index (χ0) is 20.1. The Balaban J connectivity index is 1.90. The van der Waals surface area contributed by atoms with Crippen molar-refractivity contribution in [2.75, 3.05) is 13.2 Å². The van der Waals surface area contributed by atoms with Gasteiger partial charge in [-0.2, -0.15) is 0 Å². The molecule has 3 aromatic rings. The summed E-state index contributed by atoms with van der Waals surface area (Å²) in [4.78, 5) is 31.1. The molecule has 0 saturated carbocycles. The normalized spacial score (nSPS) is 11.2. The van der Waals surface area contributed by atoms with E-state index in [1.54, 1.807) is 19.1 Å². The summed E-state index contributed by atoms with van der Waals surface area (Å²) in [5.74, 6) is -0.285. The van der Waals surface area contributed by atoms with Gasteiger partial charge in [-0.15, -0.1) is 0 Å². The average molecular weight is 384 g/mol. The first-order valence-corrected chi connectivity index (χ1v) is 9.29. The highest BCUT2D eigenvalue weighted by atomic mass is 16.5. The standard InChI is InChI=1S/C20H24N4O4/c1-3-9-23(12-14-7-5-6-8-17(14)25)13-15-10-18(26)24-19(22-15)16(11-21-24)20(27)28-4-2/h5-8,10-11,21,25H,3-4,9,12-13H2,1-2H3. The summed E-state index contributed by atoms with van der Waals surface area (Å²) >= 11 is 0. The van der Waals surface area contributed by atoms with Crippen LogP contribution in [0.2, 0.25) is 0 Å². The lowest BCUT2D eigenvalue weighted by molar-refractivity contribution is 0.0528. The maximum atomic E-state index is 12.4. The lowest BCUT2D eigenvalue weighted by atomic mass is 10.2. The lowest BCUT2D eigenvalue weighted by Gasteiger charge is -2.21. The first kappa shape index (κ1) is 19.6. The van der Waals surface area contributed by atoms with E-state index in [1.165, 1.54) is 16.8 Å². The molecular weight excluding hydrogens is 360 g/mol. The van der Waals surface area contributed by atoms with Gasteiger partial charge in [-0.05, 0) is 26.0 Å². The Morgan fingerprint density at radius 2 is 2.07 bits per heavy atom. The minimum absolute atomic E-state index is 0.226. The summed E-state index contributed by atoms with van der Waals surface area (Å²) < 4.78 is 6.26. The first-order chi connectivity index (χ1) is 13.5. The summed E-state index contributed by atoms with van der Waals surface area (Å²) in [6.07, 6.45) is 2.34. The van der Waals surface area contributed by atoms with E-state index in [0.29, 0.717) is 18.8 Å². The molecule has 2 aromatic heterocycles. The number of carbonyl (C=O) groups is 1. The second kappa shape index (κ2) is 8.71. The van der Waals surface area contributed by atoms with Crippen molar-refractivity contribution in [3.8, 4) is 5.75 Å². The quantitative estimate of drug-likeness (QED) is 0.578. The fraction of sp³-hybridized carbons (Fsp3) is 0.350. The first-order valence-electron chi connectivity index (χ1n) is 9.29. The molecule has 0 fully saturated rings. The molecule has 2 heterocycles. The van der Waals surface area contributed by atoms with E-state index in [9.17, 15) is 14.7 Å². The molecule has 0 aliphatic carbocycles. The number of aromatic amines is 1. The highest BCUT2D eigenvalue weighted by Gasteiger charge is 2.18. The minimum Gasteiger partial charge on any atom is -0.508 e. The SMILES string of the molecule is CCCN(Cc1cc(=O)n2[nH]cc(C(=O)OCC)c2n1)Cc1ccccc1O. The number of ether oxygens (including phenoxy) is 1. The zero-order valence-electron chi connectivity index (χ0n) is 16.0. The fourth-order valence-electron chi connectivity index (χ4n) is 3.11. The van der Waals surface area contributed by atoms with Gasteiger partial charge in [0.05, 0.1) is 12.3 Å². The van der Waals surface area contributed by atoms with Crippen molar-refractivity contribution < 1.29 is 14.6 Å². The number of carbonyl (C=O) groups excluding carboxylic acids is 1. The van der Waals surface area contributed by atoms with E-state index in [1.807, 2.05) is 12.1 Å². The number of nitrogens with one attached hydrogen (secondary N) is 1. The maximum absolute atomic E-state index is 12.4. The number of fused-ring (bicyclic) bond motifs is 1. The van der Waals surface area contributed by atoms with Crippen molar-refractivity contribution in [3.05, 3.63) is 63.7 Å². The van der Waals surface area contributed by atoms with Crippen LogP contribution in [0, 0.1) is 0 Å². The Morgan fingerprint density at radius 1 is 1.29 bits per heavy atom. The van der Waals surface area contributed by atoms with E-state index in [0.717, 1.165) is 18.5 Å². The van der Waals surface area contributed by atoms with Crippen LogP contribution in [0.4, 0.5) is 0 Å². The highest BCUT2D eigenvalue weighted by Crippen LogP contribution is 2.19. The summed E-state index contributed by atoms with van der Waals surface area (Å²) in [5, 5.41) is 12.8. The number of phenols is 1. The van der Waals surface area contributed by atoms with Crippen LogP contribution in [0.1, 0.15) is 41.9 Å². The Labute approximate surface area is 162 Å². The number of aromatic hydroxyl groups is 1. The molecule has 0 amide bonds. The van der Waals surface area contributed by atoms with Gasteiger partial charge in [0.25, 0.3) is 5.56 Å². The molecular formula is C20H24N4O4. The number of rotatable bonds is 8. The molecule has 148 valence electrons. The average Bonchev–Trinajstić information content (AvgIpc) is 3.08. The Hall–Kier alpha value is -3.13. The topological polar surface area (TPSA) is 99.9 Å². The lowest BCUT2D eigenvalue weighted by Crippen LogP contribution is -2.26. The van der Waals surface area contributed by atoms with Gasteiger partial charge >= 0.3 is 5.97 Å². The van der Waals surface area contributed by atoms with E-state index in [2.05, 4.69) is 21.9 Å². The Bertz CT molecular complexity index is 1020. The number of nitrogens with zero attached hydrogens (tertiary/aromatic N) is 3. The molecule has 2 N–H and O–H groups in total. The number of H-pyrrole nitrogens is 1. The molecule has 0 unspecified atom stereocenters. The van der Waals surface area contributed by atoms with Crippen molar-refractivity contribution in [1.29, 1.82) is 0 Å². The van der Waals surface area contributed by atoms with E-state index < -0.39 is 5.97 Å². The minimum atomic E-state index is -0.523. The molecule has 0 bridgehead atoms. The van der Waals surface area contributed by atoms with Crippen LogP contribution in [-0.2, 0) is 17.8 Å². The highest BCUT2D eigenvalue weighted by molar-refractivity contribution is 5.95. The van der Waals surface area contributed by atoms with E-state index in [-0.39, 0.29) is 29.1 Å². The molecule has 8 heteroatoms. The third-order valence-electron chi connectivity index (χ3n) is 4.36. The van der Waals surface area contributed by atoms with Gasteiger partial charge in [0.15, 0.2) is 5.65 Å². The number of hydrogen-bond donors (Lipinski definition) is 2. The predicted molar refractivity (Wildman–Crippen MR) is 104 cm³/mol. The van der Waals surface area contributed by atoms with Gasteiger partial charge in [0.1, 0.15) is 11.3 Å². The van der Waals surface area contributed by atoms with E-state index in [4.69, 9.17) is 4.74 Å². The second-order valence-electron chi connectivity index (χ2n) is 6.49. The number of benzene rings is 1. The van der Waals surface area contributed by atoms with Crippen LogP contribution < -0.4 is 5.56 Å². The summed E-state index contributed by atoms with van der Waals surface area (Å²) in [6, 6.07) is 8.63. The number of para-hydroxylation sites is 1. The molecule has 1 aromatic carbocycles.